The average Bonchev–Trinajstić information content (AvgIpc) is 2.52. The lowest BCUT2D eigenvalue weighted by Gasteiger charge is -2.21. The third-order valence-corrected chi connectivity index (χ3v) is 3.14. The smallest absolute Gasteiger partial charge is 0.158 e. The summed E-state index contributed by atoms with van der Waals surface area (Å²) in [5.74, 6) is 0. The van der Waals surface area contributed by atoms with Crippen LogP contribution < -0.4 is 0 Å². The minimum atomic E-state index is -0.228. The SMILES string of the molecule is CC.CCC(CO)OC(CC)OC/C=C(\C)CCC=C(C)C. The van der Waals surface area contributed by atoms with Crippen molar-refractivity contribution in [2.75, 3.05) is 13.2 Å². The Hall–Kier alpha value is -0.640. The Morgan fingerprint density at radius 2 is 1.68 bits per heavy atom. The Bertz CT molecular complexity index is 287. The first kappa shape index (κ1) is 23.6. The molecule has 0 saturated heterocycles. The van der Waals surface area contributed by atoms with Gasteiger partial charge in [0.25, 0.3) is 0 Å². The molecule has 0 spiro atoms. The highest BCUT2D eigenvalue weighted by Gasteiger charge is 2.12. The molecule has 0 aliphatic carbocycles. The number of aliphatic hydroxyl groups excluding tert-OH is 1. The molecule has 0 fully saturated rings. The van der Waals surface area contributed by atoms with Crippen LogP contribution in [-0.2, 0) is 9.47 Å². The van der Waals surface area contributed by atoms with Gasteiger partial charge in [-0.3, -0.25) is 0 Å². The summed E-state index contributed by atoms with van der Waals surface area (Å²) in [6, 6.07) is 0. The molecule has 3 heteroatoms. The van der Waals surface area contributed by atoms with Gasteiger partial charge in [0, 0.05) is 0 Å². The summed E-state index contributed by atoms with van der Waals surface area (Å²) in [6.45, 7) is 15.0. The van der Waals surface area contributed by atoms with E-state index in [0.29, 0.717) is 6.61 Å². The summed E-state index contributed by atoms with van der Waals surface area (Å²) in [5, 5.41) is 9.13. The molecule has 0 radical (unpaired) electrons. The van der Waals surface area contributed by atoms with Crippen molar-refractivity contribution in [1.29, 1.82) is 0 Å². The summed E-state index contributed by atoms with van der Waals surface area (Å²) in [6.07, 6.45) is 7.77. The van der Waals surface area contributed by atoms with Crippen molar-refractivity contribution in [3.05, 3.63) is 23.3 Å². The van der Waals surface area contributed by atoms with Crippen LogP contribution in [-0.4, -0.2) is 30.7 Å². The maximum Gasteiger partial charge on any atom is 0.158 e. The molecular weight excluding hydrogens is 276 g/mol. The fourth-order valence-electron chi connectivity index (χ4n) is 1.72. The molecule has 0 heterocycles. The monoisotopic (exact) mass is 314 g/mol. The van der Waals surface area contributed by atoms with Gasteiger partial charge in [-0.2, -0.15) is 0 Å². The van der Waals surface area contributed by atoms with E-state index in [2.05, 4.69) is 32.9 Å². The Balaban J connectivity index is 0. The normalized spacial score (nSPS) is 13.9. The predicted octanol–water partition coefficient (Wildman–Crippen LogP) is 5.25. The van der Waals surface area contributed by atoms with Crippen LogP contribution >= 0.6 is 0 Å². The maximum atomic E-state index is 9.13. The van der Waals surface area contributed by atoms with Crippen molar-refractivity contribution in [1.82, 2.24) is 0 Å². The molecule has 132 valence electrons. The molecule has 0 saturated carbocycles. The van der Waals surface area contributed by atoms with Crippen molar-refractivity contribution in [3.63, 3.8) is 0 Å². The average molecular weight is 315 g/mol. The fourth-order valence-corrected chi connectivity index (χ4v) is 1.72. The lowest BCUT2D eigenvalue weighted by molar-refractivity contribution is -0.174. The number of allylic oxidation sites excluding steroid dienone is 3. The fraction of sp³-hybridized carbons (Fsp3) is 0.789. The second-order valence-corrected chi connectivity index (χ2v) is 5.39. The highest BCUT2D eigenvalue weighted by Crippen LogP contribution is 2.10. The summed E-state index contributed by atoms with van der Waals surface area (Å²) < 4.78 is 11.4. The van der Waals surface area contributed by atoms with Gasteiger partial charge < -0.3 is 14.6 Å². The lowest BCUT2D eigenvalue weighted by Crippen LogP contribution is -2.26. The van der Waals surface area contributed by atoms with Crippen molar-refractivity contribution < 1.29 is 14.6 Å². The molecule has 0 aromatic rings. The van der Waals surface area contributed by atoms with Crippen LogP contribution in [0.15, 0.2) is 23.3 Å². The minimum Gasteiger partial charge on any atom is -0.394 e. The predicted molar refractivity (Wildman–Crippen MR) is 96.1 cm³/mol. The number of hydrogen-bond acceptors (Lipinski definition) is 3. The maximum absolute atomic E-state index is 9.13. The van der Waals surface area contributed by atoms with Crippen molar-refractivity contribution in [3.8, 4) is 0 Å². The molecule has 0 aliphatic heterocycles. The first-order chi connectivity index (χ1) is 10.5. The van der Waals surface area contributed by atoms with E-state index >= 15 is 0 Å². The molecule has 1 N–H and O–H groups in total. The molecule has 0 rings (SSSR count). The summed E-state index contributed by atoms with van der Waals surface area (Å²) in [5.41, 5.74) is 2.70. The van der Waals surface area contributed by atoms with Crippen LogP contribution in [0.1, 0.15) is 74.1 Å². The van der Waals surface area contributed by atoms with E-state index in [0.717, 1.165) is 25.7 Å². The van der Waals surface area contributed by atoms with Crippen molar-refractivity contribution >= 4 is 0 Å². The van der Waals surface area contributed by atoms with Crippen LogP contribution in [0, 0.1) is 0 Å². The summed E-state index contributed by atoms with van der Waals surface area (Å²) >= 11 is 0. The topological polar surface area (TPSA) is 38.7 Å². The Morgan fingerprint density at radius 1 is 1.05 bits per heavy atom. The zero-order valence-corrected chi connectivity index (χ0v) is 15.8. The molecule has 0 aromatic carbocycles. The van der Waals surface area contributed by atoms with E-state index in [1.807, 2.05) is 27.7 Å². The van der Waals surface area contributed by atoms with Crippen molar-refractivity contribution in [2.24, 2.45) is 0 Å². The van der Waals surface area contributed by atoms with E-state index in [4.69, 9.17) is 14.6 Å². The van der Waals surface area contributed by atoms with Crippen molar-refractivity contribution in [2.45, 2.75) is 86.5 Å². The van der Waals surface area contributed by atoms with Gasteiger partial charge in [-0.05, 0) is 46.5 Å². The van der Waals surface area contributed by atoms with E-state index < -0.39 is 0 Å². The summed E-state index contributed by atoms with van der Waals surface area (Å²) in [7, 11) is 0. The van der Waals surface area contributed by atoms with E-state index in [1.165, 1.54) is 11.1 Å². The highest BCUT2D eigenvalue weighted by molar-refractivity contribution is 5.02. The van der Waals surface area contributed by atoms with Gasteiger partial charge >= 0.3 is 0 Å². The molecule has 2 unspecified atom stereocenters. The largest absolute Gasteiger partial charge is 0.394 e. The third kappa shape index (κ3) is 14.3. The molecular formula is C19H38O3. The molecule has 3 nitrogen and oxygen atoms in total. The second kappa shape index (κ2) is 16.7. The molecule has 0 aliphatic rings. The molecule has 0 bridgehead atoms. The van der Waals surface area contributed by atoms with Crippen LogP contribution in [0.25, 0.3) is 0 Å². The lowest BCUT2D eigenvalue weighted by atomic mass is 10.1. The number of ether oxygens (including phenoxy) is 2. The Kier molecular flexibility index (Phi) is 18.0. The molecule has 2 atom stereocenters. The highest BCUT2D eigenvalue weighted by atomic mass is 16.7. The van der Waals surface area contributed by atoms with Gasteiger partial charge in [0.1, 0.15) is 0 Å². The van der Waals surface area contributed by atoms with Gasteiger partial charge in [-0.25, -0.2) is 0 Å². The first-order valence-corrected chi connectivity index (χ1v) is 8.70. The van der Waals surface area contributed by atoms with Gasteiger partial charge in [0.15, 0.2) is 6.29 Å². The van der Waals surface area contributed by atoms with E-state index in [1.54, 1.807) is 0 Å². The minimum absolute atomic E-state index is 0.0495. The quantitative estimate of drug-likeness (QED) is 0.418. The Morgan fingerprint density at radius 3 is 2.14 bits per heavy atom. The van der Waals surface area contributed by atoms with Crippen LogP contribution in [0.4, 0.5) is 0 Å². The third-order valence-electron chi connectivity index (χ3n) is 3.14. The zero-order chi connectivity index (χ0) is 17.4. The van der Waals surface area contributed by atoms with E-state index in [-0.39, 0.29) is 19.0 Å². The van der Waals surface area contributed by atoms with Gasteiger partial charge in [0.2, 0.25) is 0 Å². The second-order valence-electron chi connectivity index (χ2n) is 5.39. The standard InChI is InChI=1S/C17H32O3.C2H6/c1-6-16(13-18)20-17(7-2)19-12-11-15(5)10-8-9-14(3)4;1-2/h9,11,16-18H,6-8,10,12-13H2,1-5H3;1-2H3/b15-11+;. The van der Waals surface area contributed by atoms with Crippen LogP contribution in [0.3, 0.4) is 0 Å². The molecule has 0 aromatic heterocycles. The van der Waals surface area contributed by atoms with Gasteiger partial charge in [-0.15, -0.1) is 0 Å². The van der Waals surface area contributed by atoms with E-state index in [9.17, 15) is 0 Å². The molecule has 0 amide bonds. The van der Waals surface area contributed by atoms with Gasteiger partial charge in [0.05, 0.1) is 19.3 Å². The van der Waals surface area contributed by atoms with Gasteiger partial charge in [-0.1, -0.05) is 51.0 Å². The Labute approximate surface area is 138 Å². The van der Waals surface area contributed by atoms with Crippen LogP contribution in [0.5, 0.6) is 0 Å². The van der Waals surface area contributed by atoms with Crippen LogP contribution in [0.2, 0.25) is 0 Å². The number of aliphatic hydroxyl groups is 1. The number of rotatable bonds is 11. The number of hydrogen-bond donors (Lipinski definition) is 1. The zero-order valence-electron chi connectivity index (χ0n) is 15.8. The first-order valence-electron chi connectivity index (χ1n) is 8.70. The molecule has 22 heavy (non-hydrogen) atoms. The summed E-state index contributed by atoms with van der Waals surface area (Å²) in [4.78, 5) is 0.